The molecule has 0 aliphatic rings. The van der Waals surface area contributed by atoms with Crippen LogP contribution in [0.1, 0.15) is 17.6 Å². The molecule has 0 amide bonds. The molecule has 0 spiro atoms. The Labute approximate surface area is 168 Å². The molecule has 3 rings (SSSR count). The number of nitrogens with one attached hydrogen (secondary N) is 2. The maximum absolute atomic E-state index is 12.2. The van der Waals surface area contributed by atoms with E-state index in [4.69, 9.17) is 0 Å². The highest BCUT2D eigenvalue weighted by Gasteiger charge is 2.19. The first kappa shape index (κ1) is 20.2. The van der Waals surface area contributed by atoms with Crippen LogP contribution in [0, 0.1) is 0 Å². The monoisotopic (exact) mass is 421 g/mol. The minimum Gasteiger partial charge on any atom is -0.357 e. The Morgan fingerprint density at radius 3 is 2.79 bits per heavy atom. The molecule has 0 saturated heterocycles. The van der Waals surface area contributed by atoms with Gasteiger partial charge in [0.2, 0.25) is 0 Å². The summed E-state index contributed by atoms with van der Waals surface area (Å²) in [5, 5.41) is 14.7. The van der Waals surface area contributed by atoms with Crippen LogP contribution < -0.4 is 10.6 Å². The first-order valence-corrected chi connectivity index (χ1v) is 11.0. The van der Waals surface area contributed by atoms with Gasteiger partial charge in [-0.15, -0.1) is 21.5 Å². The van der Waals surface area contributed by atoms with Crippen LogP contribution in [-0.4, -0.2) is 53.9 Å². The van der Waals surface area contributed by atoms with Gasteiger partial charge in [0.25, 0.3) is 10.0 Å². The number of hydrogen-bond acceptors (Lipinski definition) is 6. The molecule has 0 aliphatic heterocycles. The molecule has 0 bridgehead atoms. The average Bonchev–Trinajstić information content (AvgIpc) is 3.31. The highest BCUT2D eigenvalue weighted by molar-refractivity contribution is 7.91. The summed E-state index contributed by atoms with van der Waals surface area (Å²) >= 11 is 1.24. The summed E-state index contributed by atoms with van der Waals surface area (Å²) in [5.74, 6) is 1.36. The standard InChI is InChI=1S/C17H23N7O2S2/c1-4-18-17(20-12-15-22-21-14-7-5-6-10-24(14)15)19-11-13-8-9-16(27-13)28(25,26)23(2)3/h5-10H,4,11-12H2,1-3H3,(H2,18,19,20). The second kappa shape index (κ2) is 8.67. The number of guanidine groups is 1. The normalized spacial score (nSPS) is 12.6. The first-order chi connectivity index (χ1) is 13.4. The van der Waals surface area contributed by atoms with Crippen LogP contribution in [0.15, 0.2) is 45.7 Å². The largest absolute Gasteiger partial charge is 0.357 e. The molecular formula is C17H23N7O2S2. The molecule has 0 aromatic carbocycles. The van der Waals surface area contributed by atoms with E-state index in [2.05, 4.69) is 25.8 Å². The number of thiophene rings is 1. The van der Waals surface area contributed by atoms with Gasteiger partial charge in [-0.3, -0.25) is 4.40 Å². The smallest absolute Gasteiger partial charge is 0.252 e. The van der Waals surface area contributed by atoms with Crippen molar-refractivity contribution in [2.45, 2.75) is 24.2 Å². The zero-order valence-electron chi connectivity index (χ0n) is 16.0. The lowest BCUT2D eigenvalue weighted by Crippen LogP contribution is -2.36. The predicted molar refractivity (Wildman–Crippen MR) is 110 cm³/mol. The molecule has 9 nitrogen and oxygen atoms in total. The third-order valence-electron chi connectivity index (χ3n) is 3.91. The molecule has 3 aromatic rings. The van der Waals surface area contributed by atoms with Crippen LogP contribution in [0.3, 0.4) is 0 Å². The molecule has 0 unspecified atom stereocenters. The van der Waals surface area contributed by atoms with Crippen molar-refractivity contribution < 1.29 is 8.42 Å². The van der Waals surface area contributed by atoms with E-state index in [9.17, 15) is 8.42 Å². The highest BCUT2D eigenvalue weighted by Crippen LogP contribution is 2.23. The molecule has 3 aromatic heterocycles. The molecule has 0 atom stereocenters. The van der Waals surface area contributed by atoms with E-state index < -0.39 is 10.0 Å². The van der Waals surface area contributed by atoms with Gasteiger partial charge >= 0.3 is 0 Å². The SMILES string of the molecule is CCNC(=NCc1nnc2ccccn12)NCc1ccc(S(=O)(=O)N(C)C)s1. The Hall–Kier alpha value is -2.50. The Morgan fingerprint density at radius 1 is 1.21 bits per heavy atom. The van der Waals surface area contributed by atoms with Crippen LogP contribution >= 0.6 is 11.3 Å². The van der Waals surface area contributed by atoms with Crippen LogP contribution in [0.5, 0.6) is 0 Å². The topological polar surface area (TPSA) is 104 Å². The van der Waals surface area contributed by atoms with Gasteiger partial charge in [0.1, 0.15) is 10.8 Å². The zero-order valence-corrected chi connectivity index (χ0v) is 17.6. The van der Waals surface area contributed by atoms with Crippen molar-refractivity contribution in [2.75, 3.05) is 20.6 Å². The molecule has 0 fully saturated rings. The van der Waals surface area contributed by atoms with Gasteiger partial charge < -0.3 is 10.6 Å². The number of sulfonamides is 1. The van der Waals surface area contributed by atoms with Crippen molar-refractivity contribution in [2.24, 2.45) is 4.99 Å². The van der Waals surface area contributed by atoms with Crippen molar-refractivity contribution in [1.82, 2.24) is 29.5 Å². The minimum absolute atomic E-state index is 0.325. The number of hydrogen-bond donors (Lipinski definition) is 2. The van der Waals surface area contributed by atoms with Crippen LogP contribution in [0.25, 0.3) is 5.65 Å². The fourth-order valence-corrected chi connectivity index (χ4v) is 4.90. The average molecular weight is 422 g/mol. The number of aliphatic imine (C=N–C) groups is 1. The van der Waals surface area contributed by atoms with Crippen molar-refractivity contribution in [3.05, 3.63) is 47.2 Å². The van der Waals surface area contributed by atoms with E-state index in [0.29, 0.717) is 29.8 Å². The van der Waals surface area contributed by atoms with Gasteiger partial charge in [-0.2, -0.15) is 0 Å². The van der Waals surface area contributed by atoms with Gasteiger partial charge in [0, 0.05) is 31.7 Å². The molecule has 11 heteroatoms. The number of aromatic nitrogens is 3. The third-order valence-corrected chi connectivity index (χ3v) is 7.28. The van der Waals surface area contributed by atoms with E-state index in [0.717, 1.165) is 16.3 Å². The summed E-state index contributed by atoms with van der Waals surface area (Å²) in [5.41, 5.74) is 0.777. The lowest BCUT2D eigenvalue weighted by molar-refractivity contribution is 0.523. The minimum atomic E-state index is -3.41. The van der Waals surface area contributed by atoms with Gasteiger partial charge in [-0.1, -0.05) is 6.07 Å². The summed E-state index contributed by atoms with van der Waals surface area (Å²) < 4.78 is 27.8. The van der Waals surface area contributed by atoms with Crippen molar-refractivity contribution in [3.8, 4) is 0 Å². The third kappa shape index (κ3) is 4.49. The highest BCUT2D eigenvalue weighted by atomic mass is 32.2. The molecular weight excluding hydrogens is 398 g/mol. The van der Waals surface area contributed by atoms with Gasteiger partial charge in [-0.05, 0) is 31.2 Å². The Balaban J connectivity index is 1.68. The molecule has 3 heterocycles. The number of fused-ring (bicyclic) bond motifs is 1. The molecule has 2 N–H and O–H groups in total. The Bertz CT molecular complexity index is 1070. The van der Waals surface area contributed by atoms with E-state index >= 15 is 0 Å². The maximum Gasteiger partial charge on any atom is 0.252 e. The van der Waals surface area contributed by atoms with Gasteiger partial charge in [-0.25, -0.2) is 17.7 Å². The molecule has 0 aliphatic carbocycles. The van der Waals surface area contributed by atoms with Crippen LogP contribution in [-0.2, 0) is 23.1 Å². The van der Waals surface area contributed by atoms with Gasteiger partial charge in [0.05, 0.1) is 6.54 Å². The van der Waals surface area contributed by atoms with Crippen molar-refractivity contribution >= 4 is 33.0 Å². The molecule has 0 radical (unpaired) electrons. The number of pyridine rings is 1. The first-order valence-electron chi connectivity index (χ1n) is 8.74. The fourth-order valence-electron chi connectivity index (χ4n) is 2.43. The quantitative estimate of drug-likeness (QED) is 0.440. The second-order valence-corrected chi connectivity index (χ2v) is 9.65. The van der Waals surface area contributed by atoms with Gasteiger partial charge in [0.15, 0.2) is 17.4 Å². The predicted octanol–water partition coefficient (Wildman–Crippen LogP) is 1.30. The second-order valence-electron chi connectivity index (χ2n) is 6.10. The molecule has 28 heavy (non-hydrogen) atoms. The lowest BCUT2D eigenvalue weighted by Gasteiger charge is -2.10. The molecule has 150 valence electrons. The summed E-state index contributed by atoms with van der Waals surface area (Å²) in [7, 11) is -0.355. The fraction of sp³-hybridized carbons (Fsp3) is 0.353. The van der Waals surface area contributed by atoms with E-state index in [1.807, 2.05) is 41.8 Å². The van der Waals surface area contributed by atoms with E-state index in [-0.39, 0.29) is 0 Å². The molecule has 0 saturated carbocycles. The number of nitrogens with zero attached hydrogens (tertiary/aromatic N) is 5. The Kier molecular flexibility index (Phi) is 6.27. The van der Waals surface area contributed by atoms with E-state index in [1.54, 1.807) is 6.07 Å². The summed E-state index contributed by atoms with van der Waals surface area (Å²) in [6, 6.07) is 9.16. The maximum atomic E-state index is 12.2. The lowest BCUT2D eigenvalue weighted by atomic mass is 10.4. The van der Waals surface area contributed by atoms with Crippen molar-refractivity contribution in [3.63, 3.8) is 0 Å². The van der Waals surface area contributed by atoms with E-state index in [1.165, 1.54) is 29.7 Å². The zero-order chi connectivity index (χ0) is 20.1. The van der Waals surface area contributed by atoms with Crippen LogP contribution in [0.4, 0.5) is 0 Å². The summed E-state index contributed by atoms with van der Waals surface area (Å²) in [6.45, 7) is 3.53. The summed E-state index contributed by atoms with van der Waals surface area (Å²) in [6.07, 6.45) is 1.90. The number of rotatable bonds is 7. The van der Waals surface area contributed by atoms with Crippen molar-refractivity contribution in [1.29, 1.82) is 0 Å². The summed E-state index contributed by atoms with van der Waals surface area (Å²) in [4.78, 5) is 5.46. The Morgan fingerprint density at radius 2 is 2.04 bits per heavy atom. The van der Waals surface area contributed by atoms with Crippen LogP contribution in [0.2, 0.25) is 0 Å².